The molecule has 0 aliphatic rings. The Hall–Kier alpha value is -4.71. The zero-order chi connectivity index (χ0) is 24.2. The van der Waals surface area contributed by atoms with E-state index < -0.39 is 12.6 Å². The van der Waals surface area contributed by atoms with E-state index in [9.17, 15) is 9.18 Å². The van der Waals surface area contributed by atoms with Crippen LogP contribution in [0.2, 0.25) is 0 Å². The van der Waals surface area contributed by atoms with Crippen molar-refractivity contribution in [3.63, 3.8) is 0 Å². The third kappa shape index (κ3) is 4.82. The van der Waals surface area contributed by atoms with Gasteiger partial charge in [0, 0.05) is 11.1 Å². The molecule has 0 saturated heterocycles. The summed E-state index contributed by atoms with van der Waals surface area (Å²) in [7, 11) is 0. The molecule has 1 N–H and O–H groups in total. The Morgan fingerprint density at radius 2 is 1.49 bits per heavy atom. The molecule has 0 saturated carbocycles. The highest BCUT2D eigenvalue weighted by Crippen LogP contribution is 2.35. The smallest absolute Gasteiger partial charge is 0.341 e. The van der Waals surface area contributed by atoms with Crippen LogP contribution in [-0.2, 0) is 4.79 Å². The van der Waals surface area contributed by atoms with Gasteiger partial charge in [-0.05, 0) is 53.6 Å². The van der Waals surface area contributed by atoms with E-state index in [0.29, 0.717) is 5.75 Å². The van der Waals surface area contributed by atoms with E-state index in [0.717, 1.165) is 39.3 Å². The molecule has 5 aromatic rings. The molecule has 1 heterocycles. The van der Waals surface area contributed by atoms with Crippen molar-refractivity contribution in [2.24, 2.45) is 0 Å². The molecule has 6 heteroatoms. The second-order valence-electron chi connectivity index (χ2n) is 7.92. The van der Waals surface area contributed by atoms with Gasteiger partial charge in [-0.1, -0.05) is 66.7 Å². The van der Waals surface area contributed by atoms with Gasteiger partial charge in [0.25, 0.3) is 0 Å². The molecule has 0 amide bonds. The van der Waals surface area contributed by atoms with Crippen LogP contribution in [0.15, 0.2) is 109 Å². The van der Waals surface area contributed by atoms with E-state index >= 15 is 0 Å². The molecule has 4 aromatic carbocycles. The van der Waals surface area contributed by atoms with Crippen LogP contribution in [-0.4, -0.2) is 27.5 Å². The number of nitrogens with zero attached hydrogens (tertiary/aromatic N) is 2. The lowest BCUT2D eigenvalue weighted by Crippen LogP contribution is -2.09. The van der Waals surface area contributed by atoms with Gasteiger partial charge in [0.05, 0.1) is 17.1 Å². The van der Waals surface area contributed by atoms with Crippen molar-refractivity contribution in [2.75, 3.05) is 6.61 Å². The summed E-state index contributed by atoms with van der Waals surface area (Å²) >= 11 is 0. The zero-order valence-electron chi connectivity index (χ0n) is 18.6. The van der Waals surface area contributed by atoms with Gasteiger partial charge < -0.3 is 9.84 Å². The third-order valence-electron chi connectivity index (χ3n) is 5.56. The van der Waals surface area contributed by atoms with Crippen molar-refractivity contribution in [1.82, 2.24) is 9.78 Å². The van der Waals surface area contributed by atoms with E-state index in [1.54, 1.807) is 18.2 Å². The summed E-state index contributed by atoms with van der Waals surface area (Å²) in [5.41, 5.74) is 6.06. The van der Waals surface area contributed by atoms with Gasteiger partial charge in [-0.2, -0.15) is 5.10 Å². The molecule has 0 unspecified atom stereocenters. The van der Waals surface area contributed by atoms with Crippen LogP contribution in [0, 0.1) is 5.82 Å². The Bertz CT molecular complexity index is 1480. The number of carboxylic acids is 1. The number of hydrogen-bond donors (Lipinski definition) is 1. The highest BCUT2D eigenvalue weighted by atomic mass is 19.1. The summed E-state index contributed by atoms with van der Waals surface area (Å²) in [5, 5.41) is 13.8. The molecular formula is C29H21FN2O3. The number of aliphatic carboxylic acids is 1. The molecule has 0 radical (unpaired) electrons. The van der Waals surface area contributed by atoms with Gasteiger partial charge in [0.2, 0.25) is 0 Å². The average Bonchev–Trinajstić information content (AvgIpc) is 3.34. The molecule has 0 aliphatic heterocycles. The Labute approximate surface area is 201 Å². The average molecular weight is 464 g/mol. The first kappa shape index (κ1) is 22.1. The minimum Gasteiger partial charge on any atom is -0.482 e. The molecule has 35 heavy (non-hydrogen) atoms. The fourth-order valence-corrected chi connectivity index (χ4v) is 3.96. The fourth-order valence-electron chi connectivity index (χ4n) is 3.96. The van der Waals surface area contributed by atoms with Crippen molar-refractivity contribution in [3.05, 3.63) is 115 Å². The number of halogens is 1. The van der Waals surface area contributed by atoms with E-state index in [1.165, 1.54) is 12.1 Å². The predicted molar refractivity (Wildman–Crippen MR) is 133 cm³/mol. The number of aromatic nitrogens is 2. The molecule has 0 spiro atoms. The van der Waals surface area contributed by atoms with Crippen LogP contribution in [0.5, 0.6) is 5.75 Å². The number of carboxylic acid groups (broad SMARTS) is 1. The van der Waals surface area contributed by atoms with E-state index in [4.69, 9.17) is 14.9 Å². The normalized spacial score (nSPS) is 10.8. The first-order valence-electron chi connectivity index (χ1n) is 11.0. The standard InChI is InChI=1S/C29H21FN2O3/c30-22-13-15-23(16-14-22)32-28(20-7-2-1-3-8-20)18-27(31-32)26-12-5-4-11-25(26)21-9-6-10-24(17-21)35-19-29(33)34/h1-18H,19H2,(H,33,34). The van der Waals surface area contributed by atoms with Crippen molar-refractivity contribution >= 4 is 5.97 Å². The van der Waals surface area contributed by atoms with Crippen LogP contribution in [0.1, 0.15) is 0 Å². The van der Waals surface area contributed by atoms with Crippen LogP contribution in [0.3, 0.4) is 0 Å². The summed E-state index contributed by atoms with van der Waals surface area (Å²) in [6, 6.07) is 33.4. The molecule has 0 bridgehead atoms. The number of benzene rings is 4. The number of carbonyl (C=O) groups is 1. The maximum absolute atomic E-state index is 13.6. The maximum atomic E-state index is 13.6. The minimum absolute atomic E-state index is 0.308. The number of hydrogen-bond acceptors (Lipinski definition) is 3. The summed E-state index contributed by atoms with van der Waals surface area (Å²) < 4.78 is 20.8. The topological polar surface area (TPSA) is 64.3 Å². The molecule has 5 rings (SSSR count). The van der Waals surface area contributed by atoms with Crippen LogP contribution in [0.4, 0.5) is 4.39 Å². The van der Waals surface area contributed by atoms with Gasteiger partial charge in [-0.3, -0.25) is 0 Å². The highest BCUT2D eigenvalue weighted by molar-refractivity contribution is 5.84. The number of ether oxygens (including phenoxy) is 1. The van der Waals surface area contributed by atoms with Gasteiger partial charge in [0.1, 0.15) is 11.6 Å². The van der Waals surface area contributed by atoms with Crippen molar-refractivity contribution in [1.29, 1.82) is 0 Å². The zero-order valence-corrected chi connectivity index (χ0v) is 18.6. The summed E-state index contributed by atoms with van der Waals surface area (Å²) in [6.07, 6.45) is 0. The highest BCUT2D eigenvalue weighted by Gasteiger charge is 2.16. The monoisotopic (exact) mass is 464 g/mol. The Balaban J connectivity index is 1.62. The quantitative estimate of drug-likeness (QED) is 0.300. The SMILES string of the molecule is O=C(O)COc1cccc(-c2ccccc2-c2cc(-c3ccccc3)n(-c3ccc(F)cc3)n2)c1. The molecule has 0 fully saturated rings. The minimum atomic E-state index is -1.03. The fraction of sp³-hybridized carbons (Fsp3) is 0.0345. The molecule has 0 aliphatic carbocycles. The van der Waals surface area contributed by atoms with Crippen LogP contribution in [0.25, 0.3) is 39.3 Å². The molecule has 172 valence electrons. The molecular weight excluding hydrogens is 443 g/mol. The summed E-state index contributed by atoms with van der Waals surface area (Å²) in [6.45, 7) is -0.409. The lowest BCUT2D eigenvalue weighted by atomic mass is 9.97. The van der Waals surface area contributed by atoms with Gasteiger partial charge in [-0.15, -0.1) is 0 Å². The van der Waals surface area contributed by atoms with E-state index in [-0.39, 0.29) is 5.82 Å². The predicted octanol–water partition coefficient (Wildman–Crippen LogP) is 6.48. The molecule has 0 atom stereocenters. The van der Waals surface area contributed by atoms with Crippen LogP contribution >= 0.6 is 0 Å². The second kappa shape index (κ2) is 9.65. The first-order valence-corrected chi connectivity index (χ1v) is 11.0. The van der Waals surface area contributed by atoms with Crippen molar-refractivity contribution in [2.45, 2.75) is 0 Å². The van der Waals surface area contributed by atoms with E-state index in [2.05, 4.69) is 0 Å². The number of rotatable bonds is 7. The summed E-state index contributed by atoms with van der Waals surface area (Å²) in [5.74, 6) is -0.866. The Morgan fingerprint density at radius 1 is 0.800 bits per heavy atom. The van der Waals surface area contributed by atoms with Gasteiger partial charge in [-0.25, -0.2) is 13.9 Å². The summed E-state index contributed by atoms with van der Waals surface area (Å²) in [4.78, 5) is 10.9. The Morgan fingerprint density at radius 3 is 2.23 bits per heavy atom. The largest absolute Gasteiger partial charge is 0.482 e. The second-order valence-corrected chi connectivity index (χ2v) is 7.92. The van der Waals surface area contributed by atoms with Gasteiger partial charge >= 0.3 is 5.97 Å². The lowest BCUT2D eigenvalue weighted by molar-refractivity contribution is -0.139. The van der Waals surface area contributed by atoms with Crippen LogP contribution < -0.4 is 4.74 Å². The molecule has 1 aromatic heterocycles. The van der Waals surface area contributed by atoms with E-state index in [1.807, 2.05) is 83.5 Å². The molecule has 5 nitrogen and oxygen atoms in total. The maximum Gasteiger partial charge on any atom is 0.341 e. The third-order valence-corrected chi connectivity index (χ3v) is 5.56. The van der Waals surface area contributed by atoms with Crippen molar-refractivity contribution in [3.8, 4) is 45.1 Å². The Kier molecular flexibility index (Phi) is 6.09. The first-order chi connectivity index (χ1) is 17.1. The van der Waals surface area contributed by atoms with Gasteiger partial charge in [0.15, 0.2) is 6.61 Å². The lowest BCUT2D eigenvalue weighted by Gasteiger charge is -2.10. The van der Waals surface area contributed by atoms with Crippen molar-refractivity contribution < 1.29 is 19.0 Å².